The number of benzene rings is 2. The second kappa shape index (κ2) is 7.52. The highest BCUT2D eigenvalue weighted by Crippen LogP contribution is 2.32. The molecule has 2 aromatic rings. The molecule has 0 bridgehead atoms. The molecule has 0 unspecified atom stereocenters. The number of anilines is 1. The normalized spacial score (nSPS) is 12.4. The third-order valence-corrected chi connectivity index (χ3v) is 3.89. The highest BCUT2D eigenvalue weighted by Gasteiger charge is 2.14. The second-order valence-electron chi connectivity index (χ2n) is 4.99. The minimum Gasteiger partial charge on any atom is -0.486 e. The Labute approximate surface area is 152 Å². The quantitative estimate of drug-likeness (QED) is 0.586. The Morgan fingerprint density at radius 1 is 1.08 bits per heavy atom. The van der Waals surface area contributed by atoms with E-state index < -0.39 is 11.9 Å². The van der Waals surface area contributed by atoms with Crippen LogP contribution in [-0.2, 0) is 9.53 Å². The summed E-state index contributed by atoms with van der Waals surface area (Å²) in [7, 11) is 0. The van der Waals surface area contributed by atoms with Gasteiger partial charge in [0, 0.05) is 15.3 Å². The molecule has 1 aliphatic heterocycles. The van der Waals surface area contributed by atoms with E-state index in [-0.39, 0.29) is 6.61 Å². The maximum atomic E-state index is 11.9. The van der Waals surface area contributed by atoms with Crippen molar-refractivity contribution in [3.63, 3.8) is 0 Å². The lowest BCUT2D eigenvalue weighted by atomic mass is 10.2. The van der Waals surface area contributed by atoms with Crippen molar-refractivity contribution in [2.24, 2.45) is 0 Å². The van der Waals surface area contributed by atoms with Crippen molar-refractivity contribution >= 4 is 40.2 Å². The van der Waals surface area contributed by atoms with Crippen LogP contribution in [0.1, 0.15) is 10.4 Å². The van der Waals surface area contributed by atoms with Gasteiger partial charge in [0.25, 0.3) is 5.91 Å². The maximum absolute atomic E-state index is 11.9. The van der Waals surface area contributed by atoms with Crippen molar-refractivity contribution in [2.45, 2.75) is 0 Å². The highest BCUT2D eigenvalue weighted by atomic mass is 127. The van der Waals surface area contributed by atoms with E-state index in [1.54, 1.807) is 36.4 Å². The molecule has 1 heterocycles. The van der Waals surface area contributed by atoms with E-state index in [2.05, 4.69) is 27.9 Å². The summed E-state index contributed by atoms with van der Waals surface area (Å²) in [6.45, 7) is 0.615. The fourth-order valence-corrected chi connectivity index (χ4v) is 2.69. The number of esters is 1. The van der Waals surface area contributed by atoms with Crippen molar-refractivity contribution in [2.75, 3.05) is 25.1 Å². The zero-order valence-electron chi connectivity index (χ0n) is 12.6. The van der Waals surface area contributed by atoms with Gasteiger partial charge in [0.2, 0.25) is 0 Å². The molecule has 2 aromatic carbocycles. The van der Waals surface area contributed by atoms with Gasteiger partial charge in [0.15, 0.2) is 18.1 Å². The Kier molecular flexibility index (Phi) is 5.19. The van der Waals surface area contributed by atoms with Crippen molar-refractivity contribution in [3.05, 3.63) is 51.6 Å². The van der Waals surface area contributed by atoms with Gasteiger partial charge in [0.1, 0.15) is 13.2 Å². The minimum atomic E-state index is -0.536. The number of rotatable bonds is 4. The van der Waals surface area contributed by atoms with Gasteiger partial charge < -0.3 is 19.5 Å². The third kappa shape index (κ3) is 4.16. The minimum absolute atomic E-state index is 0.362. The predicted molar refractivity (Wildman–Crippen MR) is 95.5 cm³/mol. The van der Waals surface area contributed by atoms with E-state index in [1.165, 1.54) is 0 Å². The molecule has 0 atom stereocenters. The van der Waals surface area contributed by atoms with Gasteiger partial charge in [0.05, 0.1) is 5.56 Å². The summed E-state index contributed by atoms with van der Waals surface area (Å²) in [5.74, 6) is 0.260. The van der Waals surface area contributed by atoms with Gasteiger partial charge in [-0.05, 0) is 52.9 Å². The predicted octanol–water partition coefficient (Wildman–Crippen LogP) is 2.86. The molecule has 0 spiro atoms. The van der Waals surface area contributed by atoms with E-state index >= 15 is 0 Å². The summed E-state index contributed by atoms with van der Waals surface area (Å²) in [4.78, 5) is 23.8. The zero-order valence-corrected chi connectivity index (χ0v) is 14.7. The first-order chi connectivity index (χ1) is 11.6. The average molecular weight is 439 g/mol. The van der Waals surface area contributed by atoms with E-state index in [0.717, 1.165) is 3.57 Å². The third-order valence-electron chi connectivity index (χ3n) is 3.22. The molecular weight excluding hydrogens is 425 g/mol. The number of carbonyl (C=O) groups is 2. The molecule has 1 aliphatic rings. The van der Waals surface area contributed by atoms with Crippen molar-refractivity contribution in [1.82, 2.24) is 0 Å². The van der Waals surface area contributed by atoms with Gasteiger partial charge in [-0.2, -0.15) is 0 Å². The van der Waals surface area contributed by atoms with Crippen LogP contribution in [0, 0.1) is 3.57 Å². The summed E-state index contributed by atoms with van der Waals surface area (Å²) < 4.78 is 16.8. The topological polar surface area (TPSA) is 73.9 Å². The van der Waals surface area contributed by atoms with Crippen LogP contribution in [0.5, 0.6) is 11.5 Å². The largest absolute Gasteiger partial charge is 0.486 e. The second-order valence-corrected chi connectivity index (χ2v) is 6.24. The smallest absolute Gasteiger partial charge is 0.338 e. The summed E-state index contributed by atoms with van der Waals surface area (Å²) in [6, 6.07) is 12.1. The number of amides is 1. The van der Waals surface area contributed by atoms with Gasteiger partial charge in [-0.1, -0.05) is 6.07 Å². The number of nitrogens with one attached hydrogen (secondary N) is 1. The summed E-state index contributed by atoms with van der Waals surface area (Å²) in [6.07, 6.45) is 0. The van der Waals surface area contributed by atoms with Crippen molar-refractivity contribution < 1.29 is 23.8 Å². The van der Waals surface area contributed by atoms with Gasteiger partial charge >= 0.3 is 5.97 Å². The van der Waals surface area contributed by atoms with Crippen LogP contribution < -0.4 is 14.8 Å². The fourth-order valence-electron chi connectivity index (χ4n) is 2.15. The Balaban J connectivity index is 1.55. The van der Waals surface area contributed by atoms with Crippen LogP contribution in [0.15, 0.2) is 42.5 Å². The van der Waals surface area contributed by atoms with E-state index in [0.29, 0.717) is 36.0 Å². The monoisotopic (exact) mass is 439 g/mol. The molecule has 1 amide bonds. The molecule has 24 heavy (non-hydrogen) atoms. The molecule has 0 saturated carbocycles. The van der Waals surface area contributed by atoms with Crippen LogP contribution in [0.2, 0.25) is 0 Å². The SMILES string of the molecule is O=C(COC(=O)c1cccc(I)c1)Nc1ccc2c(c1)OCCO2. The van der Waals surface area contributed by atoms with Crippen LogP contribution in [0.4, 0.5) is 5.69 Å². The van der Waals surface area contributed by atoms with E-state index in [4.69, 9.17) is 14.2 Å². The summed E-state index contributed by atoms with van der Waals surface area (Å²) >= 11 is 2.10. The molecular formula is C17H14INO5. The Morgan fingerprint density at radius 2 is 1.88 bits per heavy atom. The lowest BCUT2D eigenvalue weighted by molar-refractivity contribution is -0.119. The Bertz CT molecular complexity index is 777. The number of fused-ring (bicyclic) bond motifs is 1. The van der Waals surface area contributed by atoms with E-state index in [1.807, 2.05) is 6.07 Å². The summed E-state index contributed by atoms with van der Waals surface area (Å²) in [5.41, 5.74) is 0.962. The van der Waals surface area contributed by atoms with E-state index in [9.17, 15) is 9.59 Å². The lowest BCUT2D eigenvalue weighted by Crippen LogP contribution is -2.21. The first-order valence-electron chi connectivity index (χ1n) is 7.24. The Morgan fingerprint density at radius 3 is 2.67 bits per heavy atom. The number of halogens is 1. The number of hydrogen-bond acceptors (Lipinski definition) is 5. The first kappa shape index (κ1) is 16.6. The fraction of sp³-hybridized carbons (Fsp3) is 0.176. The molecule has 6 nitrogen and oxygen atoms in total. The standard InChI is InChI=1S/C17H14INO5/c18-12-3-1-2-11(8-12)17(21)24-10-16(20)19-13-4-5-14-15(9-13)23-7-6-22-14/h1-5,8-9H,6-7,10H2,(H,19,20). The molecule has 3 rings (SSSR count). The van der Waals surface area contributed by atoms with Crippen molar-refractivity contribution in [3.8, 4) is 11.5 Å². The van der Waals surface area contributed by atoms with Crippen LogP contribution in [-0.4, -0.2) is 31.7 Å². The summed E-state index contributed by atoms with van der Waals surface area (Å²) in [5, 5.41) is 2.66. The zero-order chi connectivity index (χ0) is 16.9. The van der Waals surface area contributed by atoms with Crippen LogP contribution >= 0.6 is 22.6 Å². The highest BCUT2D eigenvalue weighted by molar-refractivity contribution is 14.1. The molecule has 0 aromatic heterocycles. The van der Waals surface area contributed by atoms with Crippen LogP contribution in [0.25, 0.3) is 0 Å². The number of ether oxygens (including phenoxy) is 3. The van der Waals surface area contributed by atoms with Gasteiger partial charge in [-0.15, -0.1) is 0 Å². The molecule has 0 fully saturated rings. The lowest BCUT2D eigenvalue weighted by Gasteiger charge is -2.19. The Hall–Kier alpha value is -2.29. The first-order valence-corrected chi connectivity index (χ1v) is 8.32. The maximum Gasteiger partial charge on any atom is 0.338 e. The molecule has 0 aliphatic carbocycles. The molecule has 0 radical (unpaired) electrons. The molecule has 124 valence electrons. The number of carbonyl (C=O) groups excluding carboxylic acids is 2. The van der Waals surface area contributed by atoms with Crippen molar-refractivity contribution in [1.29, 1.82) is 0 Å². The molecule has 1 N–H and O–H groups in total. The number of hydrogen-bond donors (Lipinski definition) is 1. The molecule has 0 saturated heterocycles. The average Bonchev–Trinajstić information content (AvgIpc) is 2.59. The van der Waals surface area contributed by atoms with Gasteiger partial charge in [-0.25, -0.2) is 4.79 Å². The van der Waals surface area contributed by atoms with Crippen LogP contribution in [0.3, 0.4) is 0 Å². The molecule has 7 heteroatoms. The van der Waals surface area contributed by atoms with Gasteiger partial charge in [-0.3, -0.25) is 4.79 Å².